The molecule has 0 saturated carbocycles. The Labute approximate surface area is 194 Å². The van der Waals surface area contributed by atoms with Crippen LogP contribution in [0.4, 0.5) is 0 Å². The molecule has 1 aliphatic rings. The zero-order chi connectivity index (χ0) is 23.7. The molecule has 0 aliphatic heterocycles. The average Bonchev–Trinajstić information content (AvgIpc) is 2.70. The monoisotopic (exact) mass is 422 g/mol. The van der Waals surface area contributed by atoms with E-state index in [9.17, 15) is 0 Å². The molecule has 0 heterocycles. The Morgan fingerprint density at radius 3 is 2.13 bits per heavy atom. The van der Waals surface area contributed by atoms with Crippen molar-refractivity contribution in [3.63, 3.8) is 0 Å². The standard InChI is InChI=1S/C22H30.C9H20/c1-16(2)9-8-10-17(3)18-11-12-19-20(15-18)22(6,7)14-13-21(19,4)5;1-4-6-8-9(3)7-5-2/h8-12,15H,1,13-14H2,2-7H3;9H,4-8H2,1-3H3/b9-8-,17-10+;. The summed E-state index contributed by atoms with van der Waals surface area (Å²) in [6.07, 6.45) is 15.8. The molecule has 31 heavy (non-hydrogen) atoms. The van der Waals surface area contributed by atoms with Crippen LogP contribution in [0.1, 0.15) is 124 Å². The van der Waals surface area contributed by atoms with Crippen molar-refractivity contribution in [2.75, 3.05) is 0 Å². The minimum Gasteiger partial charge on any atom is -0.0961 e. The van der Waals surface area contributed by atoms with E-state index in [1.54, 1.807) is 0 Å². The number of hydrogen-bond acceptors (Lipinski definition) is 0. The second-order valence-electron chi connectivity index (χ2n) is 11.1. The highest BCUT2D eigenvalue weighted by atomic mass is 14.4. The average molecular weight is 423 g/mol. The van der Waals surface area contributed by atoms with Crippen molar-refractivity contribution in [2.45, 2.75) is 118 Å². The van der Waals surface area contributed by atoms with Gasteiger partial charge in [-0.3, -0.25) is 0 Å². The number of allylic oxidation sites excluding steroid dienone is 5. The van der Waals surface area contributed by atoms with E-state index in [1.807, 2.05) is 6.92 Å². The fourth-order valence-corrected chi connectivity index (χ4v) is 4.48. The normalized spacial score (nSPS) is 18.2. The second kappa shape index (κ2) is 12.5. The highest BCUT2D eigenvalue weighted by Gasteiger charge is 2.36. The number of benzene rings is 1. The molecule has 174 valence electrons. The van der Waals surface area contributed by atoms with E-state index in [1.165, 1.54) is 67.2 Å². The summed E-state index contributed by atoms with van der Waals surface area (Å²) in [7, 11) is 0. The fraction of sp³-hybridized carbons (Fsp3) is 0.613. The van der Waals surface area contributed by atoms with E-state index in [2.05, 4.69) is 98.4 Å². The molecule has 0 spiro atoms. The van der Waals surface area contributed by atoms with Crippen LogP contribution in [-0.2, 0) is 10.8 Å². The van der Waals surface area contributed by atoms with Crippen molar-refractivity contribution in [1.82, 2.24) is 0 Å². The molecule has 1 atom stereocenters. The maximum absolute atomic E-state index is 3.90. The van der Waals surface area contributed by atoms with Gasteiger partial charge in [-0.15, -0.1) is 0 Å². The van der Waals surface area contributed by atoms with Crippen LogP contribution in [0.3, 0.4) is 0 Å². The van der Waals surface area contributed by atoms with Crippen molar-refractivity contribution >= 4 is 5.57 Å². The molecule has 1 aromatic rings. The van der Waals surface area contributed by atoms with E-state index in [0.29, 0.717) is 5.41 Å². The van der Waals surface area contributed by atoms with E-state index in [-0.39, 0.29) is 5.41 Å². The molecule has 0 bridgehead atoms. The number of unbranched alkanes of at least 4 members (excludes halogenated alkanes) is 1. The lowest BCUT2D eigenvalue weighted by Gasteiger charge is -2.42. The Bertz CT molecular complexity index is 754. The topological polar surface area (TPSA) is 0 Å². The van der Waals surface area contributed by atoms with Gasteiger partial charge in [0.1, 0.15) is 0 Å². The molecule has 2 rings (SSSR count). The summed E-state index contributed by atoms with van der Waals surface area (Å²) in [5.74, 6) is 0.968. The lowest BCUT2D eigenvalue weighted by atomic mass is 9.63. The smallest absolute Gasteiger partial charge is 0.0100 e. The van der Waals surface area contributed by atoms with E-state index < -0.39 is 0 Å². The van der Waals surface area contributed by atoms with Gasteiger partial charge in [0, 0.05) is 0 Å². The molecule has 0 aromatic heterocycles. The molecule has 0 amide bonds. The molecule has 0 nitrogen and oxygen atoms in total. The van der Waals surface area contributed by atoms with Crippen LogP contribution >= 0.6 is 0 Å². The summed E-state index contributed by atoms with van der Waals surface area (Å²) in [4.78, 5) is 0. The Morgan fingerprint density at radius 2 is 1.58 bits per heavy atom. The first kappa shape index (κ1) is 27.5. The fourth-order valence-electron chi connectivity index (χ4n) is 4.48. The molecule has 0 N–H and O–H groups in total. The van der Waals surface area contributed by atoms with Crippen molar-refractivity contribution in [3.05, 3.63) is 65.3 Å². The van der Waals surface area contributed by atoms with Gasteiger partial charge < -0.3 is 0 Å². The Hall–Kier alpha value is -1.56. The van der Waals surface area contributed by atoms with Gasteiger partial charge in [-0.25, -0.2) is 0 Å². The number of fused-ring (bicyclic) bond motifs is 1. The molecule has 0 heteroatoms. The van der Waals surface area contributed by atoms with Crippen LogP contribution in [0, 0.1) is 5.92 Å². The zero-order valence-corrected chi connectivity index (χ0v) is 22.2. The lowest BCUT2D eigenvalue weighted by Crippen LogP contribution is -2.33. The predicted molar refractivity (Wildman–Crippen MR) is 143 cm³/mol. The van der Waals surface area contributed by atoms with Crippen molar-refractivity contribution in [1.29, 1.82) is 0 Å². The van der Waals surface area contributed by atoms with E-state index in [4.69, 9.17) is 0 Å². The van der Waals surface area contributed by atoms with Gasteiger partial charge in [-0.05, 0) is 65.7 Å². The summed E-state index contributed by atoms with van der Waals surface area (Å²) in [5.41, 5.74) is 7.33. The Balaban J connectivity index is 0.000000452. The van der Waals surface area contributed by atoms with Crippen molar-refractivity contribution in [3.8, 4) is 0 Å². The van der Waals surface area contributed by atoms with Crippen LogP contribution < -0.4 is 0 Å². The molecule has 0 fully saturated rings. The van der Waals surface area contributed by atoms with Gasteiger partial charge in [-0.1, -0.05) is 129 Å². The van der Waals surface area contributed by atoms with Crippen molar-refractivity contribution in [2.24, 2.45) is 5.92 Å². The largest absolute Gasteiger partial charge is 0.0961 e. The van der Waals surface area contributed by atoms with Crippen LogP contribution in [0.2, 0.25) is 0 Å². The molecule has 1 aliphatic carbocycles. The van der Waals surface area contributed by atoms with Crippen LogP contribution in [0.15, 0.2) is 48.6 Å². The highest BCUT2D eigenvalue weighted by Crippen LogP contribution is 2.46. The van der Waals surface area contributed by atoms with Gasteiger partial charge in [0.05, 0.1) is 0 Å². The zero-order valence-electron chi connectivity index (χ0n) is 22.2. The third-order valence-corrected chi connectivity index (χ3v) is 6.87. The second-order valence-corrected chi connectivity index (χ2v) is 11.1. The summed E-state index contributed by atoms with van der Waals surface area (Å²) in [6, 6.07) is 7.05. The molecule has 0 saturated heterocycles. The van der Waals surface area contributed by atoms with Gasteiger partial charge in [-0.2, -0.15) is 0 Å². The summed E-state index contributed by atoms with van der Waals surface area (Å²) < 4.78 is 0. The molecule has 0 radical (unpaired) electrons. The van der Waals surface area contributed by atoms with Crippen LogP contribution in [0.25, 0.3) is 5.57 Å². The maximum Gasteiger partial charge on any atom is -0.0100 e. The minimum absolute atomic E-state index is 0.273. The highest BCUT2D eigenvalue weighted by molar-refractivity contribution is 5.67. The minimum atomic E-state index is 0.273. The van der Waals surface area contributed by atoms with E-state index >= 15 is 0 Å². The molecular formula is C31H50. The lowest BCUT2D eigenvalue weighted by molar-refractivity contribution is 0.332. The van der Waals surface area contributed by atoms with Gasteiger partial charge >= 0.3 is 0 Å². The Kier molecular flexibility index (Phi) is 11.1. The van der Waals surface area contributed by atoms with Crippen LogP contribution in [0.5, 0.6) is 0 Å². The third kappa shape index (κ3) is 8.83. The number of hydrogen-bond donors (Lipinski definition) is 0. The first-order chi connectivity index (χ1) is 14.4. The van der Waals surface area contributed by atoms with Gasteiger partial charge in [0.2, 0.25) is 0 Å². The number of rotatable bonds is 8. The first-order valence-corrected chi connectivity index (χ1v) is 12.6. The summed E-state index contributed by atoms with van der Waals surface area (Å²) >= 11 is 0. The van der Waals surface area contributed by atoms with Gasteiger partial charge in [0.15, 0.2) is 0 Å². The van der Waals surface area contributed by atoms with Crippen molar-refractivity contribution < 1.29 is 0 Å². The maximum atomic E-state index is 3.90. The Morgan fingerprint density at radius 1 is 0.968 bits per heavy atom. The van der Waals surface area contributed by atoms with E-state index in [0.717, 1.165) is 11.5 Å². The SMILES string of the molecule is C=C(C)/C=C\C=C(/C)c1ccc2c(c1)C(C)(C)CCC2(C)C.CCCCC(C)CCC. The van der Waals surface area contributed by atoms with Crippen LogP contribution in [-0.4, -0.2) is 0 Å². The molecule has 1 aromatic carbocycles. The predicted octanol–water partition coefficient (Wildman–Crippen LogP) is 10.2. The van der Waals surface area contributed by atoms with Gasteiger partial charge in [0.25, 0.3) is 0 Å². The third-order valence-electron chi connectivity index (χ3n) is 6.87. The first-order valence-electron chi connectivity index (χ1n) is 12.6. The molecular weight excluding hydrogens is 372 g/mol. The summed E-state index contributed by atoms with van der Waals surface area (Å²) in [5, 5.41) is 0. The summed E-state index contributed by atoms with van der Waals surface area (Å²) in [6.45, 7) is 24.5. The quantitative estimate of drug-likeness (QED) is 0.365. The molecule has 1 unspecified atom stereocenters.